The van der Waals surface area contributed by atoms with Crippen LogP contribution in [-0.4, -0.2) is 22.6 Å². The maximum absolute atomic E-state index is 6.38. The molecule has 2 aromatic rings. The molecule has 0 N–H and O–H groups in total. The average Bonchev–Trinajstić information content (AvgIpc) is 2.92. The second-order valence-electron chi connectivity index (χ2n) is 6.56. The van der Waals surface area contributed by atoms with Gasteiger partial charge in [-0.1, -0.05) is 32.4 Å². The molecule has 108 valence electrons. The maximum Gasteiger partial charge on any atom is 0.143 e. The number of fused-ring (bicyclic) bond motifs is 1. The molecule has 1 saturated heterocycles. The minimum Gasteiger partial charge on any atom is -0.367 e. The topological polar surface area (TPSA) is 29.0 Å². The normalized spacial score (nSPS) is 20.1. The van der Waals surface area contributed by atoms with Crippen molar-refractivity contribution in [3.8, 4) is 0 Å². The van der Waals surface area contributed by atoms with Gasteiger partial charge in [-0.25, -0.2) is 9.97 Å². The minimum atomic E-state index is 0.0896. The monoisotopic (exact) mass is 309 g/mol. The Kier molecular flexibility index (Phi) is 3.41. The van der Waals surface area contributed by atoms with Crippen molar-refractivity contribution in [2.24, 2.45) is 0 Å². The molecular weight excluding hydrogens is 290 g/mol. The second-order valence-corrected chi connectivity index (χ2v) is 7.92. The van der Waals surface area contributed by atoms with Gasteiger partial charge in [0.25, 0.3) is 0 Å². The molecule has 0 saturated carbocycles. The van der Waals surface area contributed by atoms with Crippen LogP contribution in [0.25, 0.3) is 10.2 Å². The van der Waals surface area contributed by atoms with E-state index in [0.717, 1.165) is 16.8 Å². The van der Waals surface area contributed by atoms with Crippen molar-refractivity contribution in [2.45, 2.75) is 52.0 Å². The summed E-state index contributed by atoms with van der Waals surface area (Å²) in [6, 6.07) is 0.560. The number of aromatic nitrogens is 2. The number of thiophene rings is 1. The molecule has 0 amide bonds. The Morgan fingerprint density at radius 3 is 2.70 bits per heavy atom. The Morgan fingerprint density at radius 2 is 2.10 bits per heavy atom. The highest BCUT2D eigenvalue weighted by atomic mass is 35.5. The third kappa shape index (κ3) is 2.19. The van der Waals surface area contributed by atoms with Gasteiger partial charge < -0.3 is 4.90 Å². The number of rotatable bonds is 1. The molecule has 2 aromatic heterocycles. The van der Waals surface area contributed by atoms with Gasteiger partial charge in [0, 0.05) is 17.5 Å². The van der Waals surface area contributed by atoms with Crippen LogP contribution in [0.3, 0.4) is 0 Å². The fraction of sp³-hybridized carbons (Fsp3) is 0.600. The van der Waals surface area contributed by atoms with E-state index in [-0.39, 0.29) is 5.41 Å². The van der Waals surface area contributed by atoms with Crippen molar-refractivity contribution in [3.05, 3.63) is 16.4 Å². The largest absolute Gasteiger partial charge is 0.367 e. The van der Waals surface area contributed by atoms with Gasteiger partial charge in [-0.3, -0.25) is 0 Å². The molecule has 3 nitrogen and oxygen atoms in total. The van der Waals surface area contributed by atoms with Crippen LogP contribution in [-0.2, 0) is 5.41 Å². The molecule has 5 heteroatoms. The van der Waals surface area contributed by atoms with E-state index < -0.39 is 0 Å². The quantitative estimate of drug-likeness (QED) is 0.719. The molecule has 0 bridgehead atoms. The lowest BCUT2D eigenvalue weighted by Gasteiger charge is -2.28. The van der Waals surface area contributed by atoms with Gasteiger partial charge in [0.1, 0.15) is 16.3 Å². The third-order valence-corrected chi connectivity index (χ3v) is 5.74. The molecule has 1 fully saturated rings. The van der Waals surface area contributed by atoms with Crippen LogP contribution in [0.2, 0.25) is 5.15 Å². The first kappa shape index (κ1) is 14.1. The molecule has 0 spiro atoms. The van der Waals surface area contributed by atoms with Crippen LogP contribution in [0.15, 0.2) is 6.33 Å². The Hall–Kier alpha value is -0.870. The fourth-order valence-electron chi connectivity index (χ4n) is 2.93. The van der Waals surface area contributed by atoms with Gasteiger partial charge in [0.05, 0.1) is 11.1 Å². The lowest BCUT2D eigenvalue weighted by atomic mass is 9.92. The summed E-state index contributed by atoms with van der Waals surface area (Å²) in [6.07, 6.45) is 4.05. The van der Waals surface area contributed by atoms with E-state index in [1.165, 1.54) is 23.4 Å². The van der Waals surface area contributed by atoms with E-state index >= 15 is 0 Å². The van der Waals surface area contributed by atoms with Gasteiger partial charge >= 0.3 is 0 Å². The van der Waals surface area contributed by atoms with E-state index in [4.69, 9.17) is 11.6 Å². The van der Waals surface area contributed by atoms with Gasteiger partial charge in [-0.05, 0) is 25.2 Å². The number of nitrogens with zero attached hydrogens (tertiary/aromatic N) is 3. The molecule has 3 rings (SSSR count). The maximum atomic E-state index is 6.38. The van der Waals surface area contributed by atoms with Gasteiger partial charge in [0.2, 0.25) is 0 Å². The first-order chi connectivity index (χ1) is 9.39. The molecule has 1 atom stereocenters. The molecule has 1 aliphatic heterocycles. The van der Waals surface area contributed by atoms with Crippen molar-refractivity contribution in [3.63, 3.8) is 0 Å². The summed E-state index contributed by atoms with van der Waals surface area (Å²) in [6.45, 7) is 10.2. The molecule has 1 unspecified atom stereocenters. The van der Waals surface area contributed by atoms with Crippen LogP contribution in [0.4, 0.5) is 5.69 Å². The van der Waals surface area contributed by atoms with E-state index in [1.807, 2.05) is 0 Å². The average molecular weight is 310 g/mol. The number of hydrogen-bond donors (Lipinski definition) is 0. The predicted octanol–water partition coefficient (Wildman–Crippen LogP) is 4.63. The van der Waals surface area contributed by atoms with E-state index in [9.17, 15) is 0 Å². The molecular formula is C15H20ClN3S. The van der Waals surface area contributed by atoms with Gasteiger partial charge in [-0.15, -0.1) is 11.3 Å². The predicted molar refractivity (Wildman–Crippen MR) is 87.2 cm³/mol. The van der Waals surface area contributed by atoms with Crippen molar-refractivity contribution >= 4 is 38.8 Å². The molecule has 20 heavy (non-hydrogen) atoms. The lowest BCUT2D eigenvalue weighted by molar-refractivity contribution is 0.599. The van der Waals surface area contributed by atoms with Crippen LogP contribution in [0.1, 0.15) is 45.4 Å². The highest BCUT2D eigenvalue weighted by Gasteiger charge is 2.32. The highest BCUT2D eigenvalue weighted by molar-refractivity contribution is 7.19. The van der Waals surface area contributed by atoms with Crippen molar-refractivity contribution in [1.29, 1.82) is 0 Å². The Morgan fingerprint density at radius 1 is 1.35 bits per heavy atom. The summed E-state index contributed by atoms with van der Waals surface area (Å²) in [5.74, 6) is 0. The van der Waals surface area contributed by atoms with E-state index in [0.29, 0.717) is 11.2 Å². The Labute approximate surface area is 129 Å². The Bertz CT molecular complexity index is 644. The molecule has 3 heterocycles. The van der Waals surface area contributed by atoms with Crippen LogP contribution in [0.5, 0.6) is 0 Å². The minimum absolute atomic E-state index is 0.0896. The smallest absolute Gasteiger partial charge is 0.143 e. The number of anilines is 1. The first-order valence-electron chi connectivity index (χ1n) is 7.09. The van der Waals surface area contributed by atoms with Crippen molar-refractivity contribution < 1.29 is 0 Å². The molecule has 0 aromatic carbocycles. The summed E-state index contributed by atoms with van der Waals surface area (Å²) in [5.41, 5.74) is 1.36. The molecule has 0 aliphatic carbocycles. The summed E-state index contributed by atoms with van der Waals surface area (Å²) >= 11 is 8.14. The fourth-order valence-corrected chi connectivity index (χ4v) is 4.42. The number of halogens is 1. The third-order valence-electron chi connectivity index (χ3n) is 3.94. The Balaban J connectivity index is 2.30. The summed E-state index contributed by atoms with van der Waals surface area (Å²) in [5, 5.41) is 1.62. The zero-order chi connectivity index (χ0) is 14.5. The number of hydrogen-bond acceptors (Lipinski definition) is 4. The highest BCUT2D eigenvalue weighted by Crippen LogP contribution is 2.47. The summed E-state index contributed by atoms with van der Waals surface area (Å²) < 4.78 is 0. The lowest BCUT2D eigenvalue weighted by Crippen LogP contribution is -2.28. The SMILES string of the molecule is CC1CCCN1c1c(C(C)(C)C)sc2ncnc(Cl)c12. The van der Waals surface area contributed by atoms with Crippen molar-refractivity contribution in [2.75, 3.05) is 11.4 Å². The van der Waals surface area contributed by atoms with Crippen molar-refractivity contribution in [1.82, 2.24) is 9.97 Å². The standard InChI is InChI=1S/C15H20ClN3S/c1-9-6-5-7-19(9)11-10-13(16)17-8-18-14(10)20-12(11)15(2,3)4/h8-9H,5-7H2,1-4H3. The first-order valence-corrected chi connectivity index (χ1v) is 8.29. The van der Waals surface area contributed by atoms with Crippen LogP contribution < -0.4 is 4.90 Å². The zero-order valence-corrected chi connectivity index (χ0v) is 14.0. The van der Waals surface area contributed by atoms with Gasteiger partial charge in [0.15, 0.2) is 0 Å². The van der Waals surface area contributed by atoms with E-state index in [2.05, 4.69) is 42.6 Å². The van der Waals surface area contributed by atoms with Crippen LogP contribution >= 0.6 is 22.9 Å². The molecule has 0 radical (unpaired) electrons. The van der Waals surface area contributed by atoms with Gasteiger partial charge in [-0.2, -0.15) is 0 Å². The van der Waals surface area contributed by atoms with Crippen LogP contribution in [0, 0.1) is 0 Å². The van der Waals surface area contributed by atoms with E-state index in [1.54, 1.807) is 17.7 Å². The zero-order valence-electron chi connectivity index (χ0n) is 12.4. The summed E-state index contributed by atoms with van der Waals surface area (Å²) in [4.78, 5) is 13.5. The second kappa shape index (κ2) is 4.85. The molecule has 1 aliphatic rings. The summed E-state index contributed by atoms with van der Waals surface area (Å²) in [7, 11) is 0.